The quantitative estimate of drug-likeness (QED) is 0.431. The fraction of sp³-hybridized carbons (Fsp3) is 0.462. The molecule has 0 heterocycles. The lowest BCUT2D eigenvalue weighted by atomic mass is 10.1. The SMILES string of the molecule is Nc1ccc(C(=O)NCCCCCCO)cc1N. The van der Waals surface area contributed by atoms with Crippen LogP contribution in [0.3, 0.4) is 0 Å². The van der Waals surface area contributed by atoms with Gasteiger partial charge in [0.05, 0.1) is 11.4 Å². The summed E-state index contributed by atoms with van der Waals surface area (Å²) in [5.74, 6) is -0.135. The van der Waals surface area contributed by atoms with Crippen LogP contribution in [0.2, 0.25) is 0 Å². The van der Waals surface area contributed by atoms with Crippen LogP contribution < -0.4 is 16.8 Å². The molecular weight excluding hydrogens is 230 g/mol. The zero-order chi connectivity index (χ0) is 13.4. The minimum atomic E-state index is -0.135. The Morgan fingerprint density at radius 3 is 2.50 bits per heavy atom. The lowest BCUT2D eigenvalue weighted by Crippen LogP contribution is -2.24. The largest absolute Gasteiger partial charge is 0.397 e. The first-order valence-corrected chi connectivity index (χ1v) is 6.19. The lowest BCUT2D eigenvalue weighted by Gasteiger charge is -2.07. The van der Waals surface area contributed by atoms with E-state index >= 15 is 0 Å². The van der Waals surface area contributed by atoms with Crippen LogP contribution in [0.5, 0.6) is 0 Å². The number of nitrogens with two attached hydrogens (primary N) is 2. The van der Waals surface area contributed by atoms with Crippen molar-refractivity contribution in [1.29, 1.82) is 0 Å². The Bertz CT molecular complexity index is 394. The Morgan fingerprint density at radius 1 is 1.11 bits per heavy atom. The lowest BCUT2D eigenvalue weighted by molar-refractivity contribution is 0.0953. The Morgan fingerprint density at radius 2 is 1.83 bits per heavy atom. The Balaban J connectivity index is 2.30. The van der Waals surface area contributed by atoms with Crippen molar-refractivity contribution in [3.63, 3.8) is 0 Å². The third-order valence-corrected chi connectivity index (χ3v) is 2.72. The first kappa shape index (κ1) is 14.3. The van der Waals surface area contributed by atoms with Gasteiger partial charge < -0.3 is 21.9 Å². The molecule has 0 atom stereocenters. The molecule has 18 heavy (non-hydrogen) atoms. The molecule has 1 aromatic carbocycles. The van der Waals surface area contributed by atoms with Crippen LogP contribution in [0.1, 0.15) is 36.0 Å². The van der Waals surface area contributed by atoms with E-state index in [9.17, 15) is 4.79 Å². The molecule has 100 valence electrons. The van der Waals surface area contributed by atoms with Gasteiger partial charge in [-0.25, -0.2) is 0 Å². The number of anilines is 2. The zero-order valence-electron chi connectivity index (χ0n) is 10.5. The number of hydrogen-bond donors (Lipinski definition) is 4. The van der Waals surface area contributed by atoms with E-state index in [1.54, 1.807) is 18.2 Å². The summed E-state index contributed by atoms with van der Waals surface area (Å²) < 4.78 is 0. The number of aliphatic hydroxyl groups excluding tert-OH is 1. The minimum absolute atomic E-state index is 0.135. The summed E-state index contributed by atoms with van der Waals surface area (Å²) in [5, 5.41) is 11.4. The molecule has 1 rings (SSSR count). The average Bonchev–Trinajstić information content (AvgIpc) is 2.36. The summed E-state index contributed by atoms with van der Waals surface area (Å²) in [6, 6.07) is 4.87. The van der Waals surface area contributed by atoms with Crippen LogP contribution in [-0.2, 0) is 0 Å². The third kappa shape index (κ3) is 4.63. The normalized spacial score (nSPS) is 10.3. The van der Waals surface area contributed by atoms with Gasteiger partial charge in [0, 0.05) is 18.7 Å². The summed E-state index contributed by atoms with van der Waals surface area (Å²) >= 11 is 0. The number of benzene rings is 1. The zero-order valence-corrected chi connectivity index (χ0v) is 10.5. The smallest absolute Gasteiger partial charge is 0.251 e. The van der Waals surface area contributed by atoms with Crippen LogP contribution in [0.4, 0.5) is 11.4 Å². The maximum Gasteiger partial charge on any atom is 0.251 e. The molecule has 0 unspecified atom stereocenters. The van der Waals surface area contributed by atoms with Crippen molar-refractivity contribution in [2.75, 3.05) is 24.6 Å². The number of carbonyl (C=O) groups is 1. The molecule has 5 nitrogen and oxygen atoms in total. The van der Waals surface area contributed by atoms with Crippen LogP contribution in [0, 0.1) is 0 Å². The summed E-state index contributed by atoms with van der Waals surface area (Å²) in [6.45, 7) is 0.867. The number of carbonyl (C=O) groups excluding carboxylic acids is 1. The summed E-state index contributed by atoms with van der Waals surface area (Å²) in [7, 11) is 0. The third-order valence-electron chi connectivity index (χ3n) is 2.72. The van der Waals surface area contributed by atoms with E-state index in [0.29, 0.717) is 23.5 Å². The van der Waals surface area contributed by atoms with E-state index < -0.39 is 0 Å². The van der Waals surface area contributed by atoms with Gasteiger partial charge in [0.2, 0.25) is 0 Å². The van der Waals surface area contributed by atoms with E-state index in [4.69, 9.17) is 16.6 Å². The topological polar surface area (TPSA) is 101 Å². The summed E-state index contributed by atoms with van der Waals surface area (Å²) in [5.41, 5.74) is 12.6. The maximum atomic E-state index is 11.7. The molecule has 0 saturated carbocycles. The molecule has 0 aliphatic rings. The highest BCUT2D eigenvalue weighted by molar-refractivity contribution is 5.95. The minimum Gasteiger partial charge on any atom is -0.397 e. The Kier molecular flexibility index (Phi) is 6.00. The second kappa shape index (κ2) is 7.55. The average molecular weight is 251 g/mol. The van der Waals surface area contributed by atoms with Crippen molar-refractivity contribution in [3.05, 3.63) is 23.8 Å². The van der Waals surface area contributed by atoms with Crippen LogP contribution >= 0.6 is 0 Å². The van der Waals surface area contributed by atoms with Crippen LogP contribution in [0.15, 0.2) is 18.2 Å². The molecule has 0 spiro atoms. The molecule has 0 saturated heterocycles. The summed E-state index contributed by atoms with van der Waals surface area (Å²) in [6.07, 6.45) is 3.73. The van der Waals surface area contributed by atoms with Crippen molar-refractivity contribution in [2.24, 2.45) is 0 Å². The molecule has 1 amide bonds. The van der Waals surface area contributed by atoms with Crippen molar-refractivity contribution >= 4 is 17.3 Å². The number of nitrogens with one attached hydrogen (secondary N) is 1. The monoisotopic (exact) mass is 251 g/mol. The van der Waals surface area contributed by atoms with Crippen molar-refractivity contribution in [2.45, 2.75) is 25.7 Å². The Hall–Kier alpha value is -1.75. The van der Waals surface area contributed by atoms with E-state index in [2.05, 4.69) is 5.32 Å². The molecule has 1 aromatic rings. The number of aliphatic hydroxyl groups is 1. The van der Waals surface area contributed by atoms with Gasteiger partial charge in [-0.2, -0.15) is 0 Å². The number of unbranched alkanes of at least 4 members (excludes halogenated alkanes) is 3. The van der Waals surface area contributed by atoms with Crippen LogP contribution in [-0.4, -0.2) is 24.2 Å². The van der Waals surface area contributed by atoms with Crippen molar-refractivity contribution < 1.29 is 9.90 Å². The fourth-order valence-electron chi connectivity index (χ4n) is 1.61. The standard InChI is InChI=1S/C13H21N3O2/c14-11-6-5-10(9-12(11)15)13(18)16-7-3-1-2-4-8-17/h5-6,9,17H,1-4,7-8,14-15H2,(H,16,18). The van der Waals surface area contributed by atoms with E-state index in [1.807, 2.05) is 0 Å². The Labute approximate surface area is 107 Å². The second-order valence-corrected chi connectivity index (χ2v) is 4.24. The fourth-order valence-corrected chi connectivity index (χ4v) is 1.61. The van der Waals surface area contributed by atoms with Gasteiger partial charge in [0.15, 0.2) is 0 Å². The number of hydrogen-bond acceptors (Lipinski definition) is 4. The molecule has 0 aromatic heterocycles. The molecule has 0 aliphatic heterocycles. The van der Waals surface area contributed by atoms with Gasteiger partial charge in [-0.15, -0.1) is 0 Å². The number of rotatable bonds is 7. The van der Waals surface area contributed by atoms with Crippen molar-refractivity contribution in [1.82, 2.24) is 5.32 Å². The van der Waals surface area contributed by atoms with Gasteiger partial charge in [-0.3, -0.25) is 4.79 Å². The molecule has 5 heteroatoms. The predicted molar refractivity (Wildman–Crippen MR) is 73.2 cm³/mol. The van der Waals surface area contributed by atoms with Gasteiger partial charge in [-0.1, -0.05) is 12.8 Å². The van der Waals surface area contributed by atoms with Gasteiger partial charge in [-0.05, 0) is 31.0 Å². The van der Waals surface area contributed by atoms with Crippen molar-refractivity contribution in [3.8, 4) is 0 Å². The first-order chi connectivity index (χ1) is 8.65. The highest BCUT2D eigenvalue weighted by atomic mass is 16.2. The highest BCUT2D eigenvalue weighted by Crippen LogP contribution is 2.15. The number of nitrogen functional groups attached to an aromatic ring is 2. The molecule has 0 radical (unpaired) electrons. The van der Waals surface area contributed by atoms with Crippen LogP contribution in [0.25, 0.3) is 0 Å². The number of amides is 1. The van der Waals surface area contributed by atoms with E-state index in [-0.39, 0.29) is 12.5 Å². The second-order valence-electron chi connectivity index (χ2n) is 4.24. The predicted octanol–water partition coefficient (Wildman–Crippen LogP) is 1.13. The van der Waals surface area contributed by atoms with Gasteiger partial charge in [0.25, 0.3) is 5.91 Å². The molecule has 0 aliphatic carbocycles. The first-order valence-electron chi connectivity index (χ1n) is 6.19. The summed E-state index contributed by atoms with van der Waals surface area (Å²) in [4.78, 5) is 11.7. The van der Waals surface area contributed by atoms with E-state index in [1.165, 1.54) is 0 Å². The molecule has 0 bridgehead atoms. The molecule has 6 N–H and O–H groups in total. The van der Waals surface area contributed by atoms with Gasteiger partial charge >= 0.3 is 0 Å². The van der Waals surface area contributed by atoms with E-state index in [0.717, 1.165) is 25.7 Å². The van der Waals surface area contributed by atoms with Gasteiger partial charge in [0.1, 0.15) is 0 Å². The molecular formula is C13H21N3O2. The maximum absolute atomic E-state index is 11.7. The highest BCUT2D eigenvalue weighted by Gasteiger charge is 2.06. The molecule has 0 fully saturated rings.